The van der Waals surface area contributed by atoms with E-state index >= 15 is 0 Å². The summed E-state index contributed by atoms with van der Waals surface area (Å²) in [5.74, 6) is -1.01. The third kappa shape index (κ3) is 4.97. The van der Waals surface area contributed by atoms with Gasteiger partial charge in [-0.05, 0) is 33.0 Å². The number of hydrogen-bond donors (Lipinski definition) is 1. The van der Waals surface area contributed by atoms with Crippen LogP contribution in [0.3, 0.4) is 0 Å². The zero-order valence-corrected chi connectivity index (χ0v) is 12.5. The number of carbonyl (C=O) groups excluding carboxylic acids is 1. The highest BCUT2D eigenvalue weighted by atomic mass is 16.5. The zero-order chi connectivity index (χ0) is 15.1. The molecule has 1 aliphatic heterocycles. The van der Waals surface area contributed by atoms with Gasteiger partial charge in [0.1, 0.15) is 6.54 Å². The Balaban J connectivity index is 2.59. The van der Waals surface area contributed by atoms with Crippen LogP contribution in [0.25, 0.3) is 0 Å². The number of piperidine rings is 1. The van der Waals surface area contributed by atoms with E-state index in [1.807, 2.05) is 0 Å². The number of urea groups is 1. The first kappa shape index (κ1) is 16.7. The summed E-state index contributed by atoms with van der Waals surface area (Å²) in [5, 5.41) is 8.90. The normalized spacial score (nSPS) is 16.9. The minimum Gasteiger partial charge on any atom is -0.480 e. The molecule has 1 aliphatic rings. The number of methoxy groups -OCH3 is 1. The van der Waals surface area contributed by atoms with Crippen LogP contribution in [0, 0.1) is 0 Å². The average molecular weight is 287 g/mol. The van der Waals surface area contributed by atoms with Crippen molar-refractivity contribution in [3.63, 3.8) is 0 Å². The molecular formula is C13H25N3O4. The van der Waals surface area contributed by atoms with Gasteiger partial charge in [-0.15, -0.1) is 0 Å². The molecule has 0 aromatic heterocycles. The molecule has 0 bridgehead atoms. The molecule has 0 aromatic rings. The summed E-state index contributed by atoms with van der Waals surface area (Å²) in [4.78, 5) is 28.5. The van der Waals surface area contributed by atoms with E-state index in [0.29, 0.717) is 13.2 Å². The number of aliphatic carboxylic acids is 1. The topological polar surface area (TPSA) is 73.3 Å². The van der Waals surface area contributed by atoms with Gasteiger partial charge in [-0.3, -0.25) is 4.79 Å². The maximum absolute atomic E-state index is 12.4. The molecule has 0 unspecified atom stereocenters. The van der Waals surface area contributed by atoms with E-state index in [0.717, 1.165) is 25.9 Å². The van der Waals surface area contributed by atoms with E-state index in [-0.39, 0.29) is 18.6 Å². The molecule has 1 saturated heterocycles. The smallest absolute Gasteiger partial charge is 0.323 e. The Morgan fingerprint density at radius 3 is 2.45 bits per heavy atom. The second-order valence-corrected chi connectivity index (χ2v) is 5.24. The number of ether oxygens (including phenoxy) is 1. The predicted octanol–water partition coefficient (Wildman–Crippen LogP) is 0.165. The molecule has 7 nitrogen and oxygen atoms in total. The van der Waals surface area contributed by atoms with Crippen molar-refractivity contribution >= 4 is 12.0 Å². The Labute approximate surface area is 120 Å². The largest absolute Gasteiger partial charge is 0.480 e. The molecule has 20 heavy (non-hydrogen) atoms. The lowest BCUT2D eigenvalue weighted by molar-refractivity contribution is -0.137. The second kappa shape index (κ2) is 8.06. The third-order valence-electron chi connectivity index (χ3n) is 3.70. The molecule has 0 aromatic carbocycles. The van der Waals surface area contributed by atoms with Crippen molar-refractivity contribution in [1.29, 1.82) is 0 Å². The number of amides is 2. The highest BCUT2D eigenvalue weighted by molar-refractivity contribution is 5.80. The number of likely N-dealkylation sites (tertiary alicyclic amines) is 1. The SMILES string of the molecule is COCCN(CC(=O)O)C(=O)N(C)C1CCN(C)CC1. The molecule has 0 aliphatic carbocycles. The molecule has 0 radical (unpaired) electrons. The summed E-state index contributed by atoms with van der Waals surface area (Å²) >= 11 is 0. The minimum absolute atomic E-state index is 0.178. The highest BCUT2D eigenvalue weighted by Crippen LogP contribution is 2.15. The van der Waals surface area contributed by atoms with Crippen molar-refractivity contribution in [2.24, 2.45) is 0 Å². The summed E-state index contributed by atoms with van der Waals surface area (Å²) in [7, 11) is 5.34. The lowest BCUT2D eigenvalue weighted by Gasteiger charge is -2.37. The van der Waals surface area contributed by atoms with Gasteiger partial charge in [0, 0.05) is 26.7 Å². The van der Waals surface area contributed by atoms with Gasteiger partial charge in [0.15, 0.2) is 0 Å². The van der Waals surface area contributed by atoms with E-state index in [9.17, 15) is 9.59 Å². The van der Waals surface area contributed by atoms with Crippen molar-refractivity contribution in [3.8, 4) is 0 Å². The molecule has 7 heteroatoms. The van der Waals surface area contributed by atoms with Crippen LogP contribution in [0.1, 0.15) is 12.8 Å². The van der Waals surface area contributed by atoms with Crippen LogP contribution < -0.4 is 0 Å². The van der Waals surface area contributed by atoms with Crippen LogP contribution in [0.4, 0.5) is 4.79 Å². The first-order valence-corrected chi connectivity index (χ1v) is 6.86. The quantitative estimate of drug-likeness (QED) is 0.753. The number of nitrogens with zero attached hydrogens (tertiary/aromatic N) is 3. The Kier molecular flexibility index (Phi) is 6.74. The van der Waals surface area contributed by atoms with Crippen molar-refractivity contribution in [2.45, 2.75) is 18.9 Å². The number of rotatable bonds is 6. The van der Waals surface area contributed by atoms with Crippen molar-refractivity contribution < 1.29 is 19.4 Å². The van der Waals surface area contributed by atoms with E-state index in [1.54, 1.807) is 11.9 Å². The second-order valence-electron chi connectivity index (χ2n) is 5.24. The Bertz CT molecular complexity index is 330. The summed E-state index contributed by atoms with van der Waals surface area (Å²) < 4.78 is 4.93. The van der Waals surface area contributed by atoms with Gasteiger partial charge in [-0.1, -0.05) is 0 Å². The summed E-state index contributed by atoms with van der Waals surface area (Å²) in [6.07, 6.45) is 1.84. The first-order valence-electron chi connectivity index (χ1n) is 6.86. The fourth-order valence-corrected chi connectivity index (χ4v) is 2.37. The Hall–Kier alpha value is -1.34. The maximum atomic E-state index is 12.4. The monoisotopic (exact) mass is 287 g/mol. The van der Waals surface area contributed by atoms with E-state index < -0.39 is 5.97 Å². The predicted molar refractivity (Wildman–Crippen MR) is 74.8 cm³/mol. The van der Waals surface area contributed by atoms with Gasteiger partial charge in [-0.2, -0.15) is 0 Å². The molecule has 1 heterocycles. The Morgan fingerprint density at radius 2 is 1.95 bits per heavy atom. The van der Waals surface area contributed by atoms with Gasteiger partial charge in [0.05, 0.1) is 6.61 Å². The molecule has 2 amide bonds. The number of carboxylic acid groups (broad SMARTS) is 1. The third-order valence-corrected chi connectivity index (χ3v) is 3.70. The lowest BCUT2D eigenvalue weighted by Crippen LogP contribution is -2.51. The standard InChI is InChI=1S/C13H25N3O4/c1-14-6-4-11(5-7-14)15(2)13(19)16(8-9-20-3)10-12(17)18/h11H,4-10H2,1-3H3,(H,17,18). The molecule has 0 spiro atoms. The molecular weight excluding hydrogens is 262 g/mol. The van der Waals surface area contributed by atoms with Crippen LogP contribution >= 0.6 is 0 Å². The maximum Gasteiger partial charge on any atom is 0.323 e. The average Bonchev–Trinajstić information content (AvgIpc) is 2.42. The van der Waals surface area contributed by atoms with Gasteiger partial charge in [0.25, 0.3) is 0 Å². The van der Waals surface area contributed by atoms with Crippen molar-refractivity contribution in [3.05, 3.63) is 0 Å². The van der Waals surface area contributed by atoms with Crippen LogP contribution in [-0.4, -0.2) is 91.8 Å². The molecule has 1 N–H and O–H groups in total. The van der Waals surface area contributed by atoms with E-state index in [2.05, 4.69) is 11.9 Å². The number of hydrogen-bond acceptors (Lipinski definition) is 4. The van der Waals surface area contributed by atoms with Crippen molar-refractivity contribution in [2.75, 3.05) is 54.0 Å². The van der Waals surface area contributed by atoms with E-state index in [1.165, 1.54) is 12.0 Å². The molecule has 116 valence electrons. The van der Waals surface area contributed by atoms with E-state index in [4.69, 9.17) is 9.84 Å². The molecule has 1 fully saturated rings. The van der Waals surface area contributed by atoms with Gasteiger partial charge < -0.3 is 24.5 Å². The molecule has 0 saturated carbocycles. The number of carbonyl (C=O) groups is 2. The summed E-state index contributed by atoms with van der Waals surface area (Å²) in [6.45, 7) is 2.25. The molecule has 1 rings (SSSR count). The van der Waals surface area contributed by atoms with Crippen LogP contribution in [-0.2, 0) is 9.53 Å². The van der Waals surface area contributed by atoms with Crippen LogP contribution in [0.5, 0.6) is 0 Å². The summed E-state index contributed by atoms with van der Waals surface area (Å²) in [5.41, 5.74) is 0. The van der Waals surface area contributed by atoms with Gasteiger partial charge in [0.2, 0.25) is 0 Å². The number of carboxylic acids is 1. The molecule has 0 atom stereocenters. The fraction of sp³-hybridized carbons (Fsp3) is 0.846. The van der Waals surface area contributed by atoms with Crippen LogP contribution in [0.2, 0.25) is 0 Å². The van der Waals surface area contributed by atoms with Crippen LogP contribution in [0.15, 0.2) is 0 Å². The first-order chi connectivity index (χ1) is 9.45. The highest BCUT2D eigenvalue weighted by Gasteiger charge is 2.27. The summed E-state index contributed by atoms with van der Waals surface area (Å²) in [6, 6.07) is -0.0588. The lowest BCUT2D eigenvalue weighted by atomic mass is 10.0. The Morgan fingerprint density at radius 1 is 1.35 bits per heavy atom. The van der Waals surface area contributed by atoms with Crippen molar-refractivity contribution in [1.82, 2.24) is 14.7 Å². The fourth-order valence-electron chi connectivity index (χ4n) is 2.37. The zero-order valence-electron chi connectivity index (χ0n) is 12.5. The van der Waals surface area contributed by atoms with Gasteiger partial charge >= 0.3 is 12.0 Å². The van der Waals surface area contributed by atoms with Gasteiger partial charge in [-0.25, -0.2) is 4.79 Å². The minimum atomic E-state index is -1.01.